The zero-order valence-electron chi connectivity index (χ0n) is 16.3. The Hall–Kier alpha value is -2.80. The molecule has 29 heavy (non-hydrogen) atoms. The summed E-state index contributed by atoms with van der Waals surface area (Å²) in [7, 11) is 0. The van der Waals surface area contributed by atoms with E-state index in [-0.39, 0.29) is 16.7 Å². The molecule has 1 aliphatic rings. The molecule has 1 aliphatic heterocycles. The van der Waals surface area contributed by atoms with Gasteiger partial charge in [-0.05, 0) is 36.6 Å². The zero-order chi connectivity index (χ0) is 20.2. The molecular formula is C22H23N3O3S. The van der Waals surface area contributed by atoms with Crippen LogP contribution in [0.25, 0.3) is 10.8 Å². The molecule has 2 aromatic carbocycles. The summed E-state index contributed by atoms with van der Waals surface area (Å²) in [6.07, 6.45) is 1.48. The van der Waals surface area contributed by atoms with Crippen LogP contribution in [0, 0.1) is 0 Å². The highest BCUT2D eigenvalue weighted by atomic mass is 32.2. The topological polar surface area (TPSA) is 73.2 Å². The number of aromatic nitrogens is 2. The lowest BCUT2D eigenvalue weighted by Crippen LogP contribution is -2.27. The van der Waals surface area contributed by atoms with Gasteiger partial charge in [-0.2, -0.15) is 5.10 Å². The van der Waals surface area contributed by atoms with E-state index < -0.39 is 0 Å². The molecule has 1 aromatic heterocycles. The Labute approximate surface area is 173 Å². The van der Waals surface area contributed by atoms with Gasteiger partial charge in [0.25, 0.3) is 5.56 Å². The van der Waals surface area contributed by atoms with Gasteiger partial charge in [0.15, 0.2) is 0 Å². The van der Waals surface area contributed by atoms with Gasteiger partial charge in [-0.25, -0.2) is 4.68 Å². The number of carbonyl (C=O) groups is 1. The molecule has 4 rings (SSSR count). The third kappa shape index (κ3) is 4.29. The molecule has 1 N–H and O–H groups in total. The van der Waals surface area contributed by atoms with Crippen LogP contribution >= 0.6 is 11.8 Å². The zero-order valence-corrected chi connectivity index (χ0v) is 17.1. The van der Waals surface area contributed by atoms with E-state index in [9.17, 15) is 9.59 Å². The maximum Gasteiger partial charge on any atom is 0.274 e. The first kappa shape index (κ1) is 19.5. The first-order valence-corrected chi connectivity index (χ1v) is 10.8. The van der Waals surface area contributed by atoms with Crippen molar-refractivity contribution in [3.8, 4) is 5.75 Å². The summed E-state index contributed by atoms with van der Waals surface area (Å²) in [5, 5.41) is 8.94. The van der Waals surface area contributed by atoms with Gasteiger partial charge in [0.2, 0.25) is 5.91 Å². The number of thioether (sulfide) groups is 1. The van der Waals surface area contributed by atoms with Crippen molar-refractivity contribution < 1.29 is 9.53 Å². The summed E-state index contributed by atoms with van der Waals surface area (Å²) in [5.41, 5.74) is 1.93. The second kappa shape index (κ2) is 8.69. The van der Waals surface area contributed by atoms with Crippen molar-refractivity contribution in [2.75, 3.05) is 12.5 Å². The van der Waals surface area contributed by atoms with Gasteiger partial charge in [-0.15, -0.1) is 11.8 Å². The van der Waals surface area contributed by atoms with Gasteiger partial charge < -0.3 is 10.1 Å². The maximum absolute atomic E-state index is 12.7. The minimum absolute atomic E-state index is 0.0135. The van der Waals surface area contributed by atoms with Crippen molar-refractivity contribution in [3.63, 3.8) is 0 Å². The molecule has 7 heteroatoms. The van der Waals surface area contributed by atoms with E-state index in [0.717, 1.165) is 28.8 Å². The van der Waals surface area contributed by atoms with Gasteiger partial charge in [0.05, 0.1) is 28.8 Å². The standard InChI is InChI=1S/C22H23N3O3S/c1-2-19-17-5-3-4-6-18(17)22(27)25(24-19)11-12-28-16-9-7-15(8-10-16)13-20-21(26)23-14-29-20/h3-10,20H,2,11-14H2,1H3,(H,23,26). The smallest absolute Gasteiger partial charge is 0.274 e. The lowest BCUT2D eigenvalue weighted by molar-refractivity contribution is -0.119. The Morgan fingerprint density at radius 2 is 1.90 bits per heavy atom. The summed E-state index contributed by atoms with van der Waals surface area (Å²) in [4.78, 5) is 24.4. The number of fused-ring (bicyclic) bond motifs is 1. The highest BCUT2D eigenvalue weighted by molar-refractivity contribution is 8.01. The number of nitrogens with zero attached hydrogens (tertiary/aromatic N) is 2. The van der Waals surface area contributed by atoms with Crippen LogP contribution in [0.3, 0.4) is 0 Å². The fraction of sp³-hybridized carbons (Fsp3) is 0.318. The van der Waals surface area contributed by atoms with Crippen molar-refractivity contribution in [2.24, 2.45) is 0 Å². The van der Waals surface area contributed by atoms with Crippen LogP contribution in [0.1, 0.15) is 18.2 Å². The molecule has 150 valence electrons. The first-order chi connectivity index (χ1) is 14.2. The van der Waals surface area contributed by atoms with E-state index in [1.807, 2.05) is 55.5 Å². The Bertz CT molecular complexity index is 1080. The molecule has 1 unspecified atom stereocenters. The minimum atomic E-state index is -0.0934. The molecule has 1 saturated heterocycles. The molecule has 1 atom stereocenters. The van der Waals surface area contributed by atoms with Crippen LogP contribution in [0.15, 0.2) is 53.3 Å². The Kier molecular flexibility index (Phi) is 5.85. The summed E-state index contributed by atoms with van der Waals surface area (Å²) < 4.78 is 7.30. The van der Waals surface area contributed by atoms with E-state index in [1.54, 1.807) is 11.8 Å². The highest BCUT2D eigenvalue weighted by Gasteiger charge is 2.24. The highest BCUT2D eigenvalue weighted by Crippen LogP contribution is 2.22. The van der Waals surface area contributed by atoms with E-state index in [1.165, 1.54) is 4.68 Å². The number of benzene rings is 2. The summed E-state index contributed by atoms with van der Waals surface area (Å²) in [5.74, 6) is 1.53. The quantitative estimate of drug-likeness (QED) is 0.650. The molecule has 2 heterocycles. The minimum Gasteiger partial charge on any atom is -0.492 e. The van der Waals surface area contributed by atoms with Crippen LogP contribution in [0.5, 0.6) is 5.75 Å². The van der Waals surface area contributed by atoms with Crippen LogP contribution in [-0.2, 0) is 24.2 Å². The summed E-state index contributed by atoms with van der Waals surface area (Å²) in [6, 6.07) is 15.4. The average Bonchev–Trinajstić information content (AvgIpc) is 3.15. The van der Waals surface area contributed by atoms with Gasteiger partial charge >= 0.3 is 0 Å². The van der Waals surface area contributed by atoms with Gasteiger partial charge in [0, 0.05) is 5.39 Å². The fourth-order valence-corrected chi connectivity index (χ4v) is 4.43. The van der Waals surface area contributed by atoms with E-state index in [4.69, 9.17) is 4.74 Å². The van der Waals surface area contributed by atoms with Gasteiger partial charge in [0.1, 0.15) is 12.4 Å². The molecular weight excluding hydrogens is 386 g/mol. The molecule has 0 saturated carbocycles. The van der Waals surface area contributed by atoms with Crippen molar-refractivity contribution in [1.29, 1.82) is 0 Å². The number of amides is 1. The van der Waals surface area contributed by atoms with Gasteiger partial charge in [-0.1, -0.05) is 37.3 Å². The largest absolute Gasteiger partial charge is 0.492 e. The molecule has 0 aliphatic carbocycles. The van der Waals surface area contributed by atoms with E-state index in [2.05, 4.69) is 10.4 Å². The number of nitrogens with one attached hydrogen (secondary N) is 1. The van der Waals surface area contributed by atoms with E-state index >= 15 is 0 Å². The monoisotopic (exact) mass is 409 g/mol. The van der Waals surface area contributed by atoms with E-state index in [0.29, 0.717) is 30.8 Å². The molecule has 1 fully saturated rings. The second-order valence-corrected chi connectivity index (χ2v) is 8.10. The number of hydrogen-bond acceptors (Lipinski definition) is 5. The van der Waals surface area contributed by atoms with Crippen molar-refractivity contribution >= 4 is 28.4 Å². The average molecular weight is 410 g/mol. The molecule has 3 aromatic rings. The Morgan fingerprint density at radius 3 is 2.59 bits per heavy atom. The van der Waals surface area contributed by atoms with Crippen LogP contribution in [-0.4, -0.2) is 33.4 Å². The fourth-order valence-electron chi connectivity index (χ4n) is 3.46. The lowest BCUT2D eigenvalue weighted by Gasteiger charge is -2.11. The third-order valence-corrected chi connectivity index (χ3v) is 6.11. The predicted octanol–water partition coefficient (Wildman–Crippen LogP) is 2.77. The molecule has 6 nitrogen and oxygen atoms in total. The molecule has 0 spiro atoms. The number of rotatable bonds is 7. The number of ether oxygens (including phenoxy) is 1. The Morgan fingerprint density at radius 1 is 1.14 bits per heavy atom. The normalized spacial score (nSPS) is 16.2. The van der Waals surface area contributed by atoms with Crippen molar-refractivity contribution in [1.82, 2.24) is 15.1 Å². The Balaban J connectivity index is 1.39. The molecule has 0 bridgehead atoms. The van der Waals surface area contributed by atoms with Crippen molar-refractivity contribution in [2.45, 2.75) is 31.6 Å². The van der Waals surface area contributed by atoms with Crippen molar-refractivity contribution in [3.05, 3.63) is 70.1 Å². The summed E-state index contributed by atoms with van der Waals surface area (Å²) >= 11 is 1.63. The second-order valence-electron chi connectivity index (χ2n) is 6.91. The summed E-state index contributed by atoms with van der Waals surface area (Å²) in [6.45, 7) is 2.78. The number of carbonyl (C=O) groups excluding carboxylic acids is 1. The lowest BCUT2D eigenvalue weighted by atomic mass is 10.1. The molecule has 0 radical (unpaired) electrons. The van der Waals surface area contributed by atoms with Crippen LogP contribution in [0.4, 0.5) is 0 Å². The number of aryl methyl sites for hydroxylation is 1. The molecule has 1 amide bonds. The maximum atomic E-state index is 12.7. The predicted molar refractivity (Wildman–Crippen MR) is 115 cm³/mol. The van der Waals surface area contributed by atoms with Gasteiger partial charge in [-0.3, -0.25) is 9.59 Å². The third-order valence-electron chi connectivity index (χ3n) is 5.02. The van der Waals surface area contributed by atoms with Crippen LogP contribution < -0.4 is 15.6 Å². The van der Waals surface area contributed by atoms with Crippen LogP contribution in [0.2, 0.25) is 0 Å². The SMILES string of the molecule is CCc1nn(CCOc2ccc(CC3SCNC3=O)cc2)c(=O)c2ccccc12. The first-order valence-electron chi connectivity index (χ1n) is 9.75. The number of hydrogen-bond donors (Lipinski definition) is 1.